The zero-order valence-electron chi connectivity index (χ0n) is 11.2. The molecule has 0 amide bonds. The van der Waals surface area contributed by atoms with Crippen LogP contribution in [0.4, 0.5) is 0 Å². The monoisotopic (exact) mass is 290 g/mol. The predicted molar refractivity (Wildman–Crippen MR) is 75.0 cm³/mol. The molecule has 0 spiro atoms. The number of hydrogen-bond donors (Lipinski definition) is 0. The Bertz CT molecular complexity index is 368. The van der Waals surface area contributed by atoms with Crippen LogP contribution in [0.2, 0.25) is 44.4 Å². The maximum Gasteiger partial charge on any atom is 0.307 e. The van der Waals surface area contributed by atoms with Crippen molar-refractivity contribution in [1.82, 2.24) is 9.97 Å². The van der Waals surface area contributed by atoms with Gasteiger partial charge in [0.1, 0.15) is 5.15 Å². The predicted octanol–water partition coefficient (Wildman–Crippen LogP) is 3.56. The van der Waals surface area contributed by atoms with Crippen LogP contribution in [0.25, 0.3) is 0 Å². The van der Waals surface area contributed by atoms with Crippen LogP contribution in [0, 0.1) is 0 Å². The van der Waals surface area contributed by atoms with Crippen molar-refractivity contribution in [3.05, 3.63) is 11.2 Å². The molecule has 1 aromatic rings. The summed E-state index contributed by atoms with van der Waals surface area (Å²) in [5, 5.41) is 0.349. The summed E-state index contributed by atoms with van der Waals surface area (Å²) in [5.74, 6) is 0.498. The lowest BCUT2D eigenvalue weighted by atomic mass is 10.6. The van der Waals surface area contributed by atoms with Gasteiger partial charge >= 0.3 is 6.01 Å². The highest BCUT2D eigenvalue weighted by Crippen LogP contribution is 2.22. The first-order valence-electron chi connectivity index (χ1n) is 5.48. The van der Waals surface area contributed by atoms with Crippen LogP contribution in [-0.2, 0) is 0 Å². The maximum absolute atomic E-state index is 5.93. The number of hydrogen-bond acceptors (Lipinski definition) is 4. The first-order valence-corrected chi connectivity index (χ1v) is 12.7. The number of aromatic nitrogens is 2. The second-order valence-corrected chi connectivity index (χ2v) is 15.0. The molecule has 0 unspecified atom stereocenters. The third-order valence-electron chi connectivity index (χ3n) is 1.46. The molecule has 17 heavy (non-hydrogen) atoms. The molecule has 96 valence electrons. The lowest BCUT2D eigenvalue weighted by molar-refractivity contribution is 0.476. The molecule has 0 bridgehead atoms. The van der Waals surface area contributed by atoms with Gasteiger partial charge < -0.3 is 8.85 Å². The van der Waals surface area contributed by atoms with Gasteiger partial charge in [-0.2, -0.15) is 9.97 Å². The average Bonchev–Trinajstić information content (AvgIpc) is 1.93. The van der Waals surface area contributed by atoms with Crippen molar-refractivity contribution in [2.45, 2.75) is 39.3 Å². The molecule has 1 heterocycles. The Balaban J connectivity index is 2.95. The molecular formula is C10H19ClN2O2Si2. The molecule has 0 atom stereocenters. The second kappa shape index (κ2) is 4.95. The zero-order valence-corrected chi connectivity index (χ0v) is 13.9. The highest BCUT2D eigenvalue weighted by atomic mass is 35.5. The molecular weight excluding hydrogens is 272 g/mol. The van der Waals surface area contributed by atoms with Crippen LogP contribution in [0.1, 0.15) is 0 Å². The molecule has 7 heteroatoms. The summed E-state index contributed by atoms with van der Waals surface area (Å²) < 4.78 is 11.5. The van der Waals surface area contributed by atoms with Crippen molar-refractivity contribution in [3.63, 3.8) is 0 Å². The van der Waals surface area contributed by atoms with E-state index in [1.54, 1.807) is 6.07 Å². The van der Waals surface area contributed by atoms with Crippen molar-refractivity contribution in [1.29, 1.82) is 0 Å². The van der Waals surface area contributed by atoms with Crippen LogP contribution in [0.3, 0.4) is 0 Å². The number of rotatable bonds is 4. The van der Waals surface area contributed by atoms with Crippen molar-refractivity contribution < 1.29 is 8.85 Å². The van der Waals surface area contributed by atoms with Gasteiger partial charge in [0.25, 0.3) is 0 Å². The lowest BCUT2D eigenvalue weighted by Gasteiger charge is -2.20. The van der Waals surface area contributed by atoms with Crippen LogP contribution in [-0.4, -0.2) is 26.6 Å². The van der Waals surface area contributed by atoms with Crippen LogP contribution < -0.4 is 8.85 Å². The summed E-state index contributed by atoms with van der Waals surface area (Å²) in [5.41, 5.74) is 0. The topological polar surface area (TPSA) is 44.2 Å². The molecule has 0 radical (unpaired) electrons. The maximum atomic E-state index is 5.93. The minimum atomic E-state index is -1.73. The van der Waals surface area contributed by atoms with E-state index >= 15 is 0 Å². The minimum Gasteiger partial charge on any atom is -0.531 e. The quantitative estimate of drug-likeness (QED) is 0.628. The zero-order chi connectivity index (χ0) is 13.3. The number of halogens is 1. The van der Waals surface area contributed by atoms with Gasteiger partial charge in [0.2, 0.25) is 22.5 Å². The van der Waals surface area contributed by atoms with Gasteiger partial charge in [-0.1, -0.05) is 11.6 Å². The molecule has 0 fully saturated rings. The summed E-state index contributed by atoms with van der Waals surface area (Å²) in [6, 6.07) is 1.93. The van der Waals surface area contributed by atoms with Gasteiger partial charge in [0.15, 0.2) is 0 Å². The minimum absolute atomic E-state index is 0.310. The normalized spacial score (nSPS) is 12.4. The average molecular weight is 291 g/mol. The molecule has 0 aliphatic rings. The molecule has 4 nitrogen and oxygen atoms in total. The fourth-order valence-corrected chi connectivity index (χ4v) is 2.60. The Kier molecular flexibility index (Phi) is 4.21. The molecule has 0 aromatic carbocycles. The summed E-state index contributed by atoms with van der Waals surface area (Å²) in [6.45, 7) is 12.5. The Morgan fingerprint density at radius 3 is 1.94 bits per heavy atom. The van der Waals surface area contributed by atoms with Gasteiger partial charge in [-0.05, 0) is 39.3 Å². The van der Waals surface area contributed by atoms with E-state index in [-0.39, 0.29) is 0 Å². The van der Waals surface area contributed by atoms with Crippen LogP contribution >= 0.6 is 11.6 Å². The highest BCUT2D eigenvalue weighted by molar-refractivity contribution is 6.70. The van der Waals surface area contributed by atoms with E-state index in [1.807, 2.05) is 0 Å². The summed E-state index contributed by atoms with van der Waals surface area (Å²) in [6.07, 6.45) is 0. The fraction of sp³-hybridized carbons (Fsp3) is 0.600. The van der Waals surface area contributed by atoms with Gasteiger partial charge in [0, 0.05) is 6.07 Å². The third kappa shape index (κ3) is 6.04. The fourth-order valence-electron chi connectivity index (χ4n) is 1.06. The molecule has 0 aliphatic heterocycles. The SMILES string of the molecule is C[Si](C)(C)Oc1cc(Cl)nc(O[Si](C)(C)C)n1. The van der Waals surface area contributed by atoms with Gasteiger partial charge in [0.05, 0.1) is 0 Å². The Morgan fingerprint density at radius 2 is 1.47 bits per heavy atom. The van der Waals surface area contributed by atoms with Gasteiger partial charge in [-0.3, -0.25) is 0 Å². The first-order chi connectivity index (χ1) is 7.55. The standard InChI is InChI=1S/C10H19ClN2O2Si2/c1-16(2,3)14-9-7-8(11)12-10(13-9)15-17(4,5)6/h7H,1-6H3. The van der Waals surface area contributed by atoms with E-state index in [0.29, 0.717) is 17.0 Å². The molecule has 0 saturated heterocycles. The van der Waals surface area contributed by atoms with Crippen LogP contribution in [0.15, 0.2) is 6.07 Å². The molecule has 0 saturated carbocycles. The van der Waals surface area contributed by atoms with E-state index in [2.05, 4.69) is 49.3 Å². The van der Waals surface area contributed by atoms with E-state index in [9.17, 15) is 0 Å². The Morgan fingerprint density at radius 1 is 0.941 bits per heavy atom. The largest absolute Gasteiger partial charge is 0.531 e. The smallest absolute Gasteiger partial charge is 0.307 e. The van der Waals surface area contributed by atoms with Crippen molar-refractivity contribution >= 4 is 28.2 Å². The van der Waals surface area contributed by atoms with E-state index < -0.39 is 16.6 Å². The van der Waals surface area contributed by atoms with Crippen molar-refractivity contribution in [3.8, 4) is 11.9 Å². The van der Waals surface area contributed by atoms with Crippen molar-refractivity contribution in [2.75, 3.05) is 0 Å². The summed E-state index contributed by atoms with van der Waals surface area (Å²) in [4.78, 5) is 8.29. The first kappa shape index (κ1) is 14.5. The highest BCUT2D eigenvalue weighted by Gasteiger charge is 2.21. The molecule has 1 aromatic heterocycles. The van der Waals surface area contributed by atoms with E-state index in [1.165, 1.54) is 0 Å². The molecule has 0 aliphatic carbocycles. The lowest BCUT2D eigenvalue weighted by Crippen LogP contribution is -2.31. The summed E-state index contributed by atoms with van der Waals surface area (Å²) >= 11 is 5.93. The van der Waals surface area contributed by atoms with Crippen LogP contribution in [0.5, 0.6) is 11.9 Å². The molecule has 0 N–H and O–H groups in total. The Hall–Kier alpha value is -0.596. The molecule has 1 rings (SSSR count). The summed E-state index contributed by atoms with van der Waals surface area (Å²) in [7, 11) is -3.43. The Labute approximate surface area is 110 Å². The van der Waals surface area contributed by atoms with Crippen molar-refractivity contribution in [2.24, 2.45) is 0 Å². The van der Waals surface area contributed by atoms with Gasteiger partial charge in [-0.25, -0.2) is 0 Å². The van der Waals surface area contributed by atoms with E-state index in [0.717, 1.165) is 0 Å². The third-order valence-corrected chi connectivity index (χ3v) is 3.27. The second-order valence-electron chi connectivity index (χ2n) is 5.74. The van der Waals surface area contributed by atoms with Gasteiger partial charge in [-0.15, -0.1) is 0 Å². The number of nitrogens with zero attached hydrogens (tertiary/aromatic N) is 2. The van der Waals surface area contributed by atoms with E-state index in [4.69, 9.17) is 20.5 Å².